The highest BCUT2D eigenvalue weighted by Crippen LogP contribution is 2.21. The van der Waals surface area contributed by atoms with Gasteiger partial charge in [-0.15, -0.1) is 0 Å². The van der Waals surface area contributed by atoms with Crippen molar-refractivity contribution in [3.63, 3.8) is 0 Å². The number of aryl methyl sites for hydroxylation is 1. The summed E-state index contributed by atoms with van der Waals surface area (Å²) in [5, 5.41) is 2.72. The Morgan fingerprint density at radius 1 is 1.11 bits per heavy atom. The maximum absolute atomic E-state index is 12.2. The summed E-state index contributed by atoms with van der Waals surface area (Å²) >= 11 is 0. The van der Waals surface area contributed by atoms with Crippen LogP contribution in [0.1, 0.15) is 25.0 Å². The van der Waals surface area contributed by atoms with Gasteiger partial charge in [-0.3, -0.25) is 9.59 Å². The van der Waals surface area contributed by atoms with E-state index in [9.17, 15) is 9.59 Å². The molecular weight excluding hydrogens is 346 g/mol. The monoisotopic (exact) mass is 371 g/mol. The van der Waals surface area contributed by atoms with E-state index in [2.05, 4.69) is 5.32 Å². The number of carbonyl (C=O) groups excluding carboxylic acids is 2. The summed E-state index contributed by atoms with van der Waals surface area (Å²) in [5.74, 6) is 0.447. The molecule has 6 heteroatoms. The molecule has 0 aliphatic carbocycles. The van der Waals surface area contributed by atoms with Crippen LogP contribution in [0.5, 0.6) is 11.5 Å². The number of methoxy groups -OCH3 is 1. The van der Waals surface area contributed by atoms with Gasteiger partial charge in [-0.1, -0.05) is 17.7 Å². The maximum atomic E-state index is 12.2. The third kappa shape index (κ3) is 6.02. The van der Waals surface area contributed by atoms with Crippen LogP contribution < -0.4 is 14.8 Å². The Morgan fingerprint density at radius 3 is 2.44 bits per heavy atom. The van der Waals surface area contributed by atoms with Gasteiger partial charge in [0, 0.05) is 11.3 Å². The summed E-state index contributed by atoms with van der Waals surface area (Å²) in [6.07, 6.45) is -0.884. The third-order valence-electron chi connectivity index (χ3n) is 3.88. The molecule has 2 rings (SSSR count). The second-order valence-electron chi connectivity index (χ2n) is 6.07. The van der Waals surface area contributed by atoms with Crippen molar-refractivity contribution in [3.8, 4) is 11.5 Å². The second kappa shape index (κ2) is 9.62. The minimum atomic E-state index is -0.917. The fourth-order valence-electron chi connectivity index (χ4n) is 2.54. The Balaban J connectivity index is 1.91. The van der Waals surface area contributed by atoms with Gasteiger partial charge in [0.05, 0.1) is 20.1 Å². The van der Waals surface area contributed by atoms with Crippen LogP contribution in [0.15, 0.2) is 42.5 Å². The van der Waals surface area contributed by atoms with Crippen LogP contribution in [0.2, 0.25) is 0 Å². The molecule has 0 unspecified atom stereocenters. The molecule has 0 spiro atoms. The highest BCUT2D eigenvalue weighted by molar-refractivity contribution is 5.95. The van der Waals surface area contributed by atoms with Crippen molar-refractivity contribution in [1.29, 1.82) is 0 Å². The lowest BCUT2D eigenvalue weighted by Crippen LogP contribution is -2.30. The number of hydrogen-bond donors (Lipinski definition) is 1. The van der Waals surface area contributed by atoms with E-state index in [1.165, 1.54) is 6.92 Å². The quantitative estimate of drug-likeness (QED) is 0.719. The molecule has 144 valence electrons. The average Bonchev–Trinajstić information content (AvgIpc) is 2.63. The van der Waals surface area contributed by atoms with E-state index < -0.39 is 18.0 Å². The summed E-state index contributed by atoms with van der Waals surface area (Å²) < 4.78 is 15.9. The van der Waals surface area contributed by atoms with Crippen LogP contribution in [0.3, 0.4) is 0 Å². The highest BCUT2D eigenvalue weighted by Gasteiger charge is 2.19. The molecule has 0 aromatic heterocycles. The SMILES string of the molecule is CCOc1ccc(NC(=O)[C@H](C)OC(=O)Cc2cc(C)ccc2OC)cc1. The smallest absolute Gasteiger partial charge is 0.311 e. The van der Waals surface area contributed by atoms with Crippen LogP contribution in [-0.4, -0.2) is 31.7 Å². The topological polar surface area (TPSA) is 73.9 Å². The Kier molecular flexibility index (Phi) is 7.23. The molecule has 0 bridgehead atoms. The van der Waals surface area contributed by atoms with Crippen molar-refractivity contribution in [2.24, 2.45) is 0 Å². The molecule has 2 aromatic rings. The predicted octanol–water partition coefficient (Wildman–Crippen LogP) is 3.52. The zero-order chi connectivity index (χ0) is 19.8. The first-order chi connectivity index (χ1) is 12.9. The van der Waals surface area contributed by atoms with Crippen molar-refractivity contribution in [2.75, 3.05) is 19.0 Å². The van der Waals surface area contributed by atoms with Gasteiger partial charge in [0.25, 0.3) is 5.91 Å². The van der Waals surface area contributed by atoms with Gasteiger partial charge in [0.15, 0.2) is 6.10 Å². The van der Waals surface area contributed by atoms with Gasteiger partial charge in [0.1, 0.15) is 11.5 Å². The molecule has 0 fully saturated rings. The zero-order valence-corrected chi connectivity index (χ0v) is 16.1. The first kappa shape index (κ1) is 20.3. The van der Waals surface area contributed by atoms with E-state index in [1.807, 2.05) is 26.0 Å². The van der Waals surface area contributed by atoms with Gasteiger partial charge < -0.3 is 19.5 Å². The van der Waals surface area contributed by atoms with E-state index in [-0.39, 0.29) is 6.42 Å². The van der Waals surface area contributed by atoms with Crippen LogP contribution in [0, 0.1) is 6.92 Å². The number of rotatable bonds is 8. The number of carbonyl (C=O) groups is 2. The van der Waals surface area contributed by atoms with Crippen molar-refractivity contribution < 1.29 is 23.8 Å². The molecule has 0 aliphatic rings. The molecule has 0 saturated carbocycles. The number of nitrogens with one attached hydrogen (secondary N) is 1. The molecule has 1 N–H and O–H groups in total. The molecule has 2 aromatic carbocycles. The van der Waals surface area contributed by atoms with Crippen molar-refractivity contribution in [2.45, 2.75) is 33.3 Å². The Labute approximate surface area is 159 Å². The van der Waals surface area contributed by atoms with E-state index >= 15 is 0 Å². The third-order valence-corrected chi connectivity index (χ3v) is 3.88. The Bertz CT molecular complexity index is 786. The summed E-state index contributed by atoms with van der Waals surface area (Å²) in [4.78, 5) is 24.4. The molecule has 27 heavy (non-hydrogen) atoms. The van der Waals surface area contributed by atoms with Crippen molar-refractivity contribution >= 4 is 17.6 Å². The first-order valence-electron chi connectivity index (χ1n) is 8.79. The Hall–Kier alpha value is -3.02. The van der Waals surface area contributed by atoms with Crippen molar-refractivity contribution in [3.05, 3.63) is 53.6 Å². The van der Waals surface area contributed by atoms with Gasteiger partial charge in [-0.05, 0) is 51.1 Å². The maximum Gasteiger partial charge on any atom is 0.311 e. The number of anilines is 1. The number of ether oxygens (including phenoxy) is 3. The number of amides is 1. The molecule has 0 saturated heterocycles. The molecule has 0 heterocycles. The molecule has 0 radical (unpaired) electrons. The highest BCUT2D eigenvalue weighted by atomic mass is 16.5. The second-order valence-corrected chi connectivity index (χ2v) is 6.07. The molecule has 0 aliphatic heterocycles. The molecular formula is C21H25NO5. The lowest BCUT2D eigenvalue weighted by molar-refractivity contribution is -0.152. The minimum Gasteiger partial charge on any atom is -0.496 e. The fraction of sp³-hybridized carbons (Fsp3) is 0.333. The van der Waals surface area contributed by atoms with Gasteiger partial charge >= 0.3 is 5.97 Å². The lowest BCUT2D eigenvalue weighted by atomic mass is 10.1. The number of benzene rings is 2. The standard InChI is InChI=1S/C21H25NO5/c1-5-26-18-9-7-17(8-10-18)22-21(24)15(3)27-20(23)13-16-12-14(2)6-11-19(16)25-4/h6-12,15H,5,13H2,1-4H3,(H,22,24)/t15-/m0/s1. The first-order valence-corrected chi connectivity index (χ1v) is 8.79. The van der Waals surface area contributed by atoms with Gasteiger partial charge in [0.2, 0.25) is 0 Å². The largest absolute Gasteiger partial charge is 0.496 e. The van der Waals surface area contributed by atoms with Crippen molar-refractivity contribution in [1.82, 2.24) is 0 Å². The molecule has 1 atom stereocenters. The summed E-state index contributed by atoms with van der Waals surface area (Å²) in [7, 11) is 1.55. The summed E-state index contributed by atoms with van der Waals surface area (Å²) in [5.41, 5.74) is 2.34. The molecule has 1 amide bonds. The Morgan fingerprint density at radius 2 is 1.81 bits per heavy atom. The molecule has 6 nitrogen and oxygen atoms in total. The average molecular weight is 371 g/mol. The van der Waals surface area contributed by atoms with Crippen LogP contribution in [0.25, 0.3) is 0 Å². The number of hydrogen-bond acceptors (Lipinski definition) is 5. The van der Waals surface area contributed by atoms with E-state index in [0.29, 0.717) is 18.0 Å². The van der Waals surface area contributed by atoms with E-state index in [1.54, 1.807) is 37.4 Å². The minimum absolute atomic E-state index is 0.0333. The van der Waals surface area contributed by atoms with Crippen LogP contribution >= 0.6 is 0 Å². The van der Waals surface area contributed by atoms with Gasteiger partial charge in [-0.25, -0.2) is 0 Å². The fourth-order valence-corrected chi connectivity index (χ4v) is 2.54. The van der Waals surface area contributed by atoms with Gasteiger partial charge in [-0.2, -0.15) is 0 Å². The predicted molar refractivity (Wildman–Crippen MR) is 103 cm³/mol. The van der Waals surface area contributed by atoms with Crippen LogP contribution in [-0.2, 0) is 20.7 Å². The van der Waals surface area contributed by atoms with E-state index in [0.717, 1.165) is 16.9 Å². The van der Waals surface area contributed by atoms with Crippen LogP contribution in [0.4, 0.5) is 5.69 Å². The summed E-state index contributed by atoms with van der Waals surface area (Å²) in [6.45, 7) is 5.94. The summed E-state index contributed by atoms with van der Waals surface area (Å²) in [6, 6.07) is 12.6. The normalized spacial score (nSPS) is 11.4. The van der Waals surface area contributed by atoms with E-state index in [4.69, 9.17) is 14.2 Å². The number of esters is 1. The zero-order valence-electron chi connectivity index (χ0n) is 16.1. The lowest BCUT2D eigenvalue weighted by Gasteiger charge is -2.15.